The van der Waals surface area contributed by atoms with Crippen molar-refractivity contribution in [3.05, 3.63) is 59.7 Å². The first kappa shape index (κ1) is 18.9. The first-order valence-electron chi connectivity index (χ1n) is 8.23. The number of hydrogen-bond donors (Lipinski definition) is 1. The second kappa shape index (κ2) is 8.22. The third kappa shape index (κ3) is 4.46. The van der Waals surface area contributed by atoms with E-state index >= 15 is 0 Å². The monoisotopic (exact) mass is 386 g/mol. The van der Waals surface area contributed by atoms with Gasteiger partial charge < -0.3 is 10.1 Å². The molecule has 0 fully saturated rings. The van der Waals surface area contributed by atoms with Crippen LogP contribution < -0.4 is 10.1 Å². The Balaban J connectivity index is 1.71. The number of benzene rings is 2. The van der Waals surface area contributed by atoms with E-state index in [0.29, 0.717) is 11.0 Å². The van der Waals surface area contributed by atoms with Crippen LogP contribution in [0.3, 0.4) is 0 Å². The van der Waals surface area contributed by atoms with Gasteiger partial charge in [-0.2, -0.15) is 0 Å². The van der Waals surface area contributed by atoms with Gasteiger partial charge in [-0.05, 0) is 55.8 Å². The number of nitrogens with zero attached hydrogens (tertiary/aromatic N) is 3. The van der Waals surface area contributed by atoms with Crippen LogP contribution in [0.4, 0.5) is 10.1 Å². The van der Waals surface area contributed by atoms with Crippen LogP contribution in [0.2, 0.25) is 0 Å². The number of rotatable bonds is 6. The summed E-state index contributed by atoms with van der Waals surface area (Å²) in [6, 6.07) is 12.1. The Morgan fingerprint density at radius 2 is 1.93 bits per heavy atom. The van der Waals surface area contributed by atoms with Crippen molar-refractivity contribution in [1.29, 1.82) is 0 Å². The van der Waals surface area contributed by atoms with Crippen molar-refractivity contribution >= 4 is 23.4 Å². The van der Waals surface area contributed by atoms with Crippen molar-refractivity contribution in [2.75, 3.05) is 18.2 Å². The first-order valence-corrected chi connectivity index (χ1v) is 9.21. The van der Waals surface area contributed by atoms with Gasteiger partial charge in [-0.15, -0.1) is 10.2 Å². The van der Waals surface area contributed by atoms with Gasteiger partial charge in [-0.25, -0.2) is 4.39 Å². The second-order valence-corrected chi connectivity index (χ2v) is 6.83. The maximum atomic E-state index is 13.8. The van der Waals surface area contributed by atoms with E-state index < -0.39 is 5.82 Å². The molecule has 0 aliphatic carbocycles. The number of methoxy groups -OCH3 is 1. The predicted octanol–water partition coefficient (Wildman–Crippen LogP) is 3.76. The Labute approximate surface area is 160 Å². The summed E-state index contributed by atoms with van der Waals surface area (Å²) >= 11 is 1.23. The molecule has 8 heteroatoms. The van der Waals surface area contributed by atoms with Crippen LogP contribution in [-0.4, -0.2) is 33.5 Å². The molecular weight excluding hydrogens is 367 g/mol. The summed E-state index contributed by atoms with van der Waals surface area (Å²) in [7, 11) is 1.61. The van der Waals surface area contributed by atoms with Crippen LogP contribution in [-0.2, 0) is 4.79 Å². The molecule has 1 amide bonds. The van der Waals surface area contributed by atoms with E-state index in [2.05, 4.69) is 15.5 Å². The van der Waals surface area contributed by atoms with Crippen LogP contribution in [0.5, 0.6) is 5.75 Å². The van der Waals surface area contributed by atoms with Crippen molar-refractivity contribution < 1.29 is 13.9 Å². The highest BCUT2D eigenvalue weighted by molar-refractivity contribution is 7.99. The molecular formula is C19H19FN4O2S. The number of anilines is 1. The summed E-state index contributed by atoms with van der Waals surface area (Å²) in [6.45, 7) is 3.67. The lowest BCUT2D eigenvalue weighted by atomic mass is 10.2. The molecule has 0 atom stereocenters. The van der Waals surface area contributed by atoms with E-state index in [9.17, 15) is 9.18 Å². The molecule has 1 heterocycles. The van der Waals surface area contributed by atoms with E-state index in [1.165, 1.54) is 17.8 Å². The number of nitrogens with one attached hydrogen (secondary N) is 1. The predicted molar refractivity (Wildman–Crippen MR) is 103 cm³/mol. The maximum Gasteiger partial charge on any atom is 0.234 e. The van der Waals surface area contributed by atoms with Crippen molar-refractivity contribution in [1.82, 2.24) is 14.8 Å². The van der Waals surface area contributed by atoms with Gasteiger partial charge in [0.25, 0.3) is 0 Å². The SMILES string of the molecule is COc1ccc(-n2c(C)nnc2SCC(=O)Nc2cc(C)ccc2F)cc1. The van der Waals surface area contributed by atoms with Gasteiger partial charge in [0.2, 0.25) is 5.91 Å². The van der Waals surface area contributed by atoms with Crippen LogP contribution in [0.15, 0.2) is 47.6 Å². The topological polar surface area (TPSA) is 69.0 Å². The number of hydrogen-bond acceptors (Lipinski definition) is 5. The van der Waals surface area contributed by atoms with E-state index in [-0.39, 0.29) is 17.3 Å². The molecule has 0 spiro atoms. The summed E-state index contributed by atoms with van der Waals surface area (Å²) in [5, 5.41) is 11.4. The van der Waals surface area contributed by atoms with Gasteiger partial charge in [0.15, 0.2) is 5.16 Å². The number of ether oxygens (including phenoxy) is 1. The van der Waals surface area contributed by atoms with Gasteiger partial charge in [-0.3, -0.25) is 9.36 Å². The van der Waals surface area contributed by atoms with Crippen molar-refractivity contribution in [2.24, 2.45) is 0 Å². The fourth-order valence-electron chi connectivity index (χ4n) is 2.52. The number of aromatic nitrogens is 3. The highest BCUT2D eigenvalue weighted by atomic mass is 32.2. The van der Waals surface area contributed by atoms with Gasteiger partial charge >= 0.3 is 0 Å². The van der Waals surface area contributed by atoms with E-state index in [1.54, 1.807) is 19.2 Å². The normalized spacial score (nSPS) is 10.7. The number of aryl methyl sites for hydroxylation is 2. The number of carbonyl (C=O) groups is 1. The van der Waals surface area contributed by atoms with Crippen LogP contribution in [0, 0.1) is 19.7 Å². The highest BCUT2D eigenvalue weighted by Crippen LogP contribution is 2.24. The number of carbonyl (C=O) groups excluding carboxylic acids is 1. The Bertz CT molecular complexity index is 957. The maximum absolute atomic E-state index is 13.8. The van der Waals surface area contributed by atoms with Crippen molar-refractivity contribution in [2.45, 2.75) is 19.0 Å². The quantitative estimate of drug-likeness (QED) is 0.653. The zero-order valence-corrected chi connectivity index (χ0v) is 16.0. The minimum atomic E-state index is -0.462. The van der Waals surface area contributed by atoms with E-state index in [0.717, 1.165) is 17.0 Å². The van der Waals surface area contributed by atoms with Crippen molar-refractivity contribution in [3.63, 3.8) is 0 Å². The molecule has 0 saturated heterocycles. The minimum absolute atomic E-state index is 0.0850. The second-order valence-electron chi connectivity index (χ2n) is 5.88. The van der Waals surface area contributed by atoms with Crippen LogP contribution in [0.1, 0.15) is 11.4 Å². The summed E-state index contributed by atoms with van der Waals surface area (Å²) in [5.41, 5.74) is 1.91. The third-order valence-corrected chi connectivity index (χ3v) is 4.78. The highest BCUT2D eigenvalue weighted by Gasteiger charge is 2.14. The lowest BCUT2D eigenvalue weighted by molar-refractivity contribution is -0.113. The Morgan fingerprint density at radius 3 is 2.63 bits per heavy atom. The lowest BCUT2D eigenvalue weighted by Crippen LogP contribution is -2.15. The average molecular weight is 386 g/mol. The zero-order valence-electron chi connectivity index (χ0n) is 15.2. The molecule has 0 radical (unpaired) electrons. The minimum Gasteiger partial charge on any atom is -0.497 e. The molecule has 2 aromatic carbocycles. The number of thioether (sulfide) groups is 1. The molecule has 1 N–H and O–H groups in total. The largest absolute Gasteiger partial charge is 0.497 e. The van der Waals surface area contributed by atoms with Gasteiger partial charge in [0.05, 0.1) is 18.6 Å². The number of amides is 1. The summed E-state index contributed by atoms with van der Waals surface area (Å²) in [6.07, 6.45) is 0. The molecule has 0 aliphatic heterocycles. The van der Waals surface area contributed by atoms with Crippen LogP contribution in [0.25, 0.3) is 5.69 Å². The average Bonchev–Trinajstić information content (AvgIpc) is 3.03. The van der Waals surface area contributed by atoms with Gasteiger partial charge in [0.1, 0.15) is 17.4 Å². The lowest BCUT2D eigenvalue weighted by Gasteiger charge is -2.10. The standard InChI is InChI=1S/C19H19FN4O2S/c1-12-4-9-16(20)17(10-12)21-18(25)11-27-19-23-22-13(2)24(19)14-5-7-15(26-3)8-6-14/h4-10H,11H2,1-3H3,(H,21,25). The molecule has 27 heavy (non-hydrogen) atoms. The summed E-state index contributed by atoms with van der Waals surface area (Å²) < 4.78 is 20.8. The van der Waals surface area contributed by atoms with Gasteiger partial charge in [-0.1, -0.05) is 17.8 Å². The van der Waals surface area contributed by atoms with E-state index in [1.807, 2.05) is 42.7 Å². The molecule has 1 aromatic heterocycles. The fraction of sp³-hybridized carbons (Fsp3) is 0.211. The smallest absolute Gasteiger partial charge is 0.234 e. The van der Waals surface area contributed by atoms with Gasteiger partial charge in [0, 0.05) is 5.69 Å². The fourth-order valence-corrected chi connectivity index (χ4v) is 3.31. The summed E-state index contributed by atoms with van der Waals surface area (Å²) in [4.78, 5) is 12.2. The molecule has 0 unspecified atom stereocenters. The Hall–Kier alpha value is -2.87. The third-order valence-electron chi connectivity index (χ3n) is 3.85. The molecule has 0 saturated carbocycles. The zero-order chi connectivity index (χ0) is 19.4. The molecule has 3 rings (SSSR count). The Kier molecular flexibility index (Phi) is 5.75. The summed E-state index contributed by atoms with van der Waals surface area (Å²) in [5.74, 6) is 0.760. The molecule has 0 aliphatic rings. The molecule has 3 aromatic rings. The first-order chi connectivity index (χ1) is 13.0. The Morgan fingerprint density at radius 1 is 1.19 bits per heavy atom. The number of halogens is 1. The molecule has 0 bridgehead atoms. The van der Waals surface area contributed by atoms with Crippen LogP contribution >= 0.6 is 11.8 Å². The molecule has 140 valence electrons. The van der Waals surface area contributed by atoms with E-state index in [4.69, 9.17) is 4.74 Å². The molecule has 6 nitrogen and oxygen atoms in total. The van der Waals surface area contributed by atoms with Crippen molar-refractivity contribution in [3.8, 4) is 11.4 Å².